The second-order valence-corrected chi connectivity index (χ2v) is 9.60. The van der Waals surface area contributed by atoms with Crippen LogP contribution >= 0.6 is 0 Å². The second-order valence-electron chi connectivity index (χ2n) is 9.60. The Morgan fingerprint density at radius 1 is 1.16 bits per heavy atom. The number of aromatic nitrogens is 3. The Kier molecular flexibility index (Phi) is 4.49. The number of halogens is 3. The van der Waals surface area contributed by atoms with E-state index in [9.17, 15) is 13.2 Å². The van der Waals surface area contributed by atoms with Crippen LogP contribution in [0.15, 0.2) is 18.5 Å². The Labute approximate surface area is 183 Å². The number of nitrogen functional groups attached to an aromatic ring is 1. The molecule has 7 rings (SSSR count). The summed E-state index contributed by atoms with van der Waals surface area (Å²) in [6, 6.07) is 1.85. The number of fused-ring (bicyclic) bond motifs is 1. The number of nitrogens with two attached hydrogens (primary N) is 1. The molecule has 5 fully saturated rings. The molecule has 2 aromatic rings. The summed E-state index contributed by atoms with van der Waals surface area (Å²) in [6.07, 6.45) is 4.21. The number of nitrogens with zero attached hydrogens (tertiary/aromatic N) is 4. The van der Waals surface area contributed by atoms with Gasteiger partial charge in [0.1, 0.15) is 5.82 Å². The zero-order chi connectivity index (χ0) is 22.1. The third-order valence-electron chi connectivity index (χ3n) is 7.52. The summed E-state index contributed by atoms with van der Waals surface area (Å²) >= 11 is 0. The van der Waals surface area contributed by atoms with Crippen LogP contribution in [0.25, 0.3) is 11.3 Å². The van der Waals surface area contributed by atoms with Crippen LogP contribution in [0.2, 0.25) is 0 Å². The number of morpholine rings is 1. The summed E-state index contributed by atoms with van der Waals surface area (Å²) in [6.45, 7) is 3.57. The SMILES string of the molecule is Nc1ncc(-c2cn(C34CC(C3)C(N3CCOCC3)C4)c(C3CC3)n2)cc1OC(F)(F)F. The van der Waals surface area contributed by atoms with E-state index < -0.39 is 12.1 Å². The molecule has 10 heteroatoms. The quantitative estimate of drug-likeness (QED) is 0.753. The van der Waals surface area contributed by atoms with E-state index >= 15 is 0 Å². The number of alkyl halides is 3. The summed E-state index contributed by atoms with van der Waals surface area (Å²) in [4.78, 5) is 11.4. The van der Waals surface area contributed by atoms with Gasteiger partial charge in [0.25, 0.3) is 0 Å². The predicted molar refractivity (Wildman–Crippen MR) is 110 cm³/mol. The van der Waals surface area contributed by atoms with Crippen molar-refractivity contribution in [3.63, 3.8) is 0 Å². The van der Waals surface area contributed by atoms with Gasteiger partial charge in [-0.3, -0.25) is 4.90 Å². The van der Waals surface area contributed by atoms with Crippen molar-refractivity contribution in [3.8, 4) is 17.0 Å². The maximum absolute atomic E-state index is 12.8. The van der Waals surface area contributed by atoms with E-state index in [1.165, 1.54) is 12.3 Å². The van der Waals surface area contributed by atoms with Crippen LogP contribution in [0.1, 0.15) is 43.8 Å². The van der Waals surface area contributed by atoms with Crippen LogP contribution in [0.4, 0.5) is 19.0 Å². The van der Waals surface area contributed by atoms with Gasteiger partial charge < -0.3 is 19.8 Å². The Balaban J connectivity index is 1.31. The van der Waals surface area contributed by atoms with Gasteiger partial charge in [-0.25, -0.2) is 9.97 Å². The molecule has 1 aliphatic heterocycles. The Morgan fingerprint density at radius 2 is 1.91 bits per heavy atom. The fourth-order valence-electron chi connectivity index (χ4n) is 5.89. The Hall–Kier alpha value is -2.33. The van der Waals surface area contributed by atoms with E-state index in [0.29, 0.717) is 29.1 Å². The van der Waals surface area contributed by atoms with Gasteiger partial charge in [-0.1, -0.05) is 0 Å². The summed E-state index contributed by atoms with van der Waals surface area (Å²) in [5.74, 6) is 1.38. The first-order valence-corrected chi connectivity index (χ1v) is 11.2. The van der Waals surface area contributed by atoms with E-state index in [2.05, 4.69) is 19.2 Å². The third-order valence-corrected chi connectivity index (χ3v) is 7.52. The summed E-state index contributed by atoms with van der Waals surface area (Å²) in [5.41, 5.74) is 6.77. The van der Waals surface area contributed by atoms with Gasteiger partial charge in [0, 0.05) is 48.5 Å². The summed E-state index contributed by atoms with van der Waals surface area (Å²) in [5, 5.41) is 0. The molecule has 0 amide bonds. The lowest BCUT2D eigenvalue weighted by Gasteiger charge is -2.41. The maximum Gasteiger partial charge on any atom is 0.573 e. The van der Waals surface area contributed by atoms with Crippen LogP contribution in [-0.4, -0.2) is 58.1 Å². The third kappa shape index (κ3) is 3.44. The summed E-state index contributed by atoms with van der Waals surface area (Å²) in [7, 11) is 0. The molecule has 2 N–H and O–H groups in total. The molecule has 2 aromatic heterocycles. The number of rotatable bonds is 5. The Morgan fingerprint density at radius 3 is 2.59 bits per heavy atom. The smallest absolute Gasteiger partial charge is 0.402 e. The number of ether oxygens (including phenoxy) is 2. The van der Waals surface area contributed by atoms with E-state index in [0.717, 1.165) is 64.2 Å². The van der Waals surface area contributed by atoms with Gasteiger partial charge >= 0.3 is 6.36 Å². The molecule has 0 aromatic carbocycles. The van der Waals surface area contributed by atoms with Crippen molar-refractivity contribution in [2.75, 3.05) is 32.0 Å². The van der Waals surface area contributed by atoms with E-state index in [4.69, 9.17) is 15.5 Å². The van der Waals surface area contributed by atoms with Crippen LogP contribution in [0, 0.1) is 5.92 Å². The minimum absolute atomic E-state index is 0.0589. The lowest BCUT2D eigenvalue weighted by Crippen LogP contribution is -2.44. The molecule has 4 saturated carbocycles. The van der Waals surface area contributed by atoms with Gasteiger partial charge in [-0.15, -0.1) is 13.2 Å². The van der Waals surface area contributed by atoms with Crippen LogP contribution < -0.4 is 10.5 Å². The first-order chi connectivity index (χ1) is 15.3. The monoisotopic (exact) mass is 449 g/mol. The van der Waals surface area contributed by atoms with Crippen molar-refractivity contribution in [1.82, 2.24) is 19.4 Å². The molecule has 4 aliphatic carbocycles. The minimum Gasteiger partial charge on any atom is -0.402 e. The normalized spacial score (nSPS) is 30.3. The molecule has 172 valence electrons. The molecule has 2 bridgehead atoms. The zero-order valence-electron chi connectivity index (χ0n) is 17.6. The highest BCUT2D eigenvalue weighted by molar-refractivity contribution is 5.64. The number of hydrogen-bond acceptors (Lipinski definition) is 6. The van der Waals surface area contributed by atoms with Crippen LogP contribution in [-0.2, 0) is 10.3 Å². The van der Waals surface area contributed by atoms with Crippen molar-refractivity contribution in [2.45, 2.75) is 56.0 Å². The highest BCUT2D eigenvalue weighted by atomic mass is 19.4. The van der Waals surface area contributed by atoms with Crippen molar-refractivity contribution in [1.29, 1.82) is 0 Å². The lowest BCUT2D eigenvalue weighted by molar-refractivity contribution is -0.274. The first-order valence-electron chi connectivity index (χ1n) is 11.2. The van der Waals surface area contributed by atoms with E-state index in [1.54, 1.807) is 0 Å². The molecule has 5 aliphatic rings. The van der Waals surface area contributed by atoms with Crippen LogP contribution in [0.5, 0.6) is 5.75 Å². The van der Waals surface area contributed by atoms with Crippen molar-refractivity contribution < 1.29 is 22.6 Å². The maximum atomic E-state index is 12.8. The summed E-state index contributed by atoms with van der Waals surface area (Å²) < 4.78 is 50.2. The molecular weight excluding hydrogens is 423 g/mol. The highest BCUT2D eigenvalue weighted by Crippen LogP contribution is 2.60. The second kappa shape index (κ2) is 7.08. The minimum atomic E-state index is -4.83. The van der Waals surface area contributed by atoms with Crippen molar-refractivity contribution in [2.24, 2.45) is 5.92 Å². The molecule has 3 heterocycles. The largest absolute Gasteiger partial charge is 0.573 e. The molecule has 7 nitrogen and oxygen atoms in total. The molecule has 0 radical (unpaired) electrons. The van der Waals surface area contributed by atoms with E-state index in [1.807, 2.05) is 6.20 Å². The standard InChI is InChI=1S/C22H26F3N5O2/c23-22(24,25)32-18-7-14(11-27-19(18)26)16-12-30(20(28-16)13-1-2-13)21-8-15(9-21)17(10-21)29-3-5-31-6-4-29/h7,11-13,15,17H,1-6,8-10H2,(H2,26,27). The van der Waals surface area contributed by atoms with Gasteiger partial charge in [-0.05, 0) is 44.1 Å². The van der Waals surface area contributed by atoms with Gasteiger partial charge in [-0.2, -0.15) is 0 Å². The average molecular weight is 449 g/mol. The number of pyridine rings is 1. The number of hydrogen-bond donors (Lipinski definition) is 1. The number of imidazole rings is 1. The Bertz CT molecular complexity index is 1020. The van der Waals surface area contributed by atoms with Crippen molar-refractivity contribution >= 4 is 5.82 Å². The topological polar surface area (TPSA) is 78.4 Å². The van der Waals surface area contributed by atoms with Gasteiger partial charge in [0.15, 0.2) is 11.6 Å². The first kappa shape index (κ1) is 20.3. The zero-order valence-corrected chi connectivity index (χ0v) is 17.6. The molecule has 32 heavy (non-hydrogen) atoms. The van der Waals surface area contributed by atoms with Crippen LogP contribution in [0.3, 0.4) is 0 Å². The lowest BCUT2D eigenvalue weighted by atomic mass is 9.76. The highest BCUT2D eigenvalue weighted by Gasteiger charge is 2.59. The van der Waals surface area contributed by atoms with Gasteiger partial charge in [0.2, 0.25) is 0 Å². The number of anilines is 1. The fourth-order valence-corrected chi connectivity index (χ4v) is 5.89. The molecule has 0 spiro atoms. The molecular formula is C22H26F3N5O2. The molecule has 1 saturated heterocycles. The van der Waals surface area contributed by atoms with Gasteiger partial charge in [0.05, 0.1) is 18.9 Å². The average Bonchev–Trinajstić information content (AvgIpc) is 3.20. The molecule has 1 atom stereocenters. The van der Waals surface area contributed by atoms with Crippen molar-refractivity contribution in [3.05, 3.63) is 24.3 Å². The predicted octanol–water partition coefficient (Wildman–Crippen LogP) is 3.51. The van der Waals surface area contributed by atoms with E-state index in [-0.39, 0.29) is 11.4 Å². The molecule has 1 unspecified atom stereocenters. The fraction of sp³-hybridized carbons (Fsp3) is 0.636.